The van der Waals surface area contributed by atoms with Gasteiger partial charge >= 0.3 is 0 Å². The highest BCUT2D eigenvalue weighted by Crippen LogP contribution is 2.32. The summed E-state index contributed by atoms with van der Waals surface area (Å²) in [4.78, 5) is 26.7. The summed E-state index contributed by atoms with van der Waals surface area (Å²) in [6, 6.07) is 10.7. The fourth-order valence-electron chi connectivity index (χ4n) is 2.88. The molecular weight excluding hydrogens is 338 g/mol. The topological polar surface area (TPSA) is 46.6 Å². The van der Waals surface area contributed by atoms with Crippen LogP contribution in [0.1, 0.15) is 51.6 Å². The first kappa shape index (κ1) is 17.5. The van der Waals surface area contributed by atoms with Gasteiger partial charge < -0.3 is 4.74 Å². The Bertz CT molecular complexity index is 832. The van der Waals surface area contributed by atoms with E-state index >= 15 is 0 Å². The molecule has 0 atom stereocenters. The van der Waals surface area contributed by atoms with Crippen molar-refractivity contribution >= 4 is 23.4 Å². The van der Waals surface area contributed by atoms with Gasteiger partial charge in [-0.2, -0.15) is 0 Å². The second-order valence-corrected chi connectivity index (χ2v) is 6.57. The fourth-order valence-corrected chi connectivity index (χ4v) is 3.00. The van der Waals surface area contributed by atoms with Crippen molar-refractivity contribution in [3.05, 3.63) is 63.7 Å². The van der Waals surface area contributed by atoms with Gasteiger partial charge in [-0.15, -0.1) is 0 Å². The Labute approximate surface area is 152 Å². The molecule has 0 N–H and O–H groups in total. The van der Waals surface area contributed by atoms with Crippen LogP contribution in [0.4, 0.5) is 0 Å². The minimum Gasteiger partial charge on any atom is -0.493 e. The quantitative estimate of drug-likeness (QED) is 0.559. The van der Waals surface area contributed by atoms with E-state index in [1.807, 2.05) is 19.1 Å². The maximum atomic E-state index is 12.8. The van der Waals surface area contributed by atoms with E-state index in [0.717, 1.165) is 24.0 Å². The number of benzene rings is 2. The third-order valence-electron chi connectivity index (χ3n) is 4.28. The van der Waals surface area contributed by atoms with Crippen LogP contribution in [-0.2, 0) is 6.54 Å². The predicted octanol–water partition coefficient (Wildman–Crippen LogP) is 4.62. The molecule has 0 unspecified atom stereocenters. The standard InChI is InChI=1S/C20H20ClNO3/c1-3-4-10-25-17-7-5-6-15-18(17)20(24)22(19(15)23)12-14-8-9-16(21)13(2)11-14/h5-9,11H,3-4,10,12H2,1-2H3. The Hall–Kier alpha value is -2.33. The van der Waals surface area contributed by atoms with Crippen molar-refractivity contribution in [1.29, 1.82) is 0 Å². The number of hydrogen-bond acceptors (Lipinski definition) is 3. The molecule has 0 saturated heterocycles. The third-order valence-corrected chi connectivity index (χ3v) is 4.70. The molecule has 0 aromatic heterocycles. The number of ether oxygens (including phenoxy) is 1. The SMILES string of the molecule is CCCCOc1cccc2c1C(=O)N(Cc1ccc(Cl)c(C)c1)C2=O. The molecule has 4 nitrogen and oxygen atoms in total. The maximum absolute atomic E-state index is 12.8. The van der Waals surface area contributed by atoms with Gasteiger partial charge in [-0.3, -0.25) is 14.5 Å². The number of carbonyl (C=O) groups excluding carboxylic acids is 2. The van der Waals surface area contributed by atoms with Gasteiger partial charge in [0.25, 0.3) is 11.8 Å². The van der Waals surface area contributed by atoms with Crippen LogP contribution in [-0.4, -0.2) is 23.3 Å². The highest BCUT2D eigenvalue weighted by Gasteiger charge is 2.38. The van der Waals surface area contributed by atoms with Gasteiger partial charge in [0.2, 0.25) is 0 Å². The van der Waals surface area contributed by atoms with Crippen LogP contribution in [0.5, 0.6) is 5.75 Å². The molecule has 1 aliphatic heterocycles. The summed E-state index contributed by atoms with van der Waals surface area (Å²) in [6.07, 6.45) is 1.91. The molecule has 2 amide bonds. The van der Waals surface area contributed by atoms with Crippen LogP contribution >= 0.6 is 11.6 Å². The summed E-state index contributed by atoms with van der Waals surface area (Å²) in [5.74, 6) is -0.104. The van der Waals surface area contributed by atoms with E-state index in [-0.39, 0.29) is 18.4 Å². The number of unbranched alkanes of at least 4 members (excludes halogenated alkanes) is 1. The molecule has 5 heteroatoms. The number of imide groups is 1. The van der Waals surface area contributed by atoms with Gasteiger partial charge in [-0.1, -0.05) is 43.1 Å². The van der Waals surface area contributed by atoms with E-state index < -0.39 is 0 Å². The van der Waals surface area contributed by atoms with Gasteiger partial charge in [-0.05, 0) is 42.7 Å². The summed E-state index contributed by atoms with van der Waals surface area (Å²) in [7, 11) is 0. The van der Waals surface area contributed by atoms with Crippen molar-refractivity contribution in [2.75, 3.05) is 6.61 Å². The zero-order chi connectivity index (χ0) is 18.0. The highest BCUT2D eigenvalue weighted by molar-refractivity contribution is 6.31. The predicted molar refractivity (Wildman–Crippen MR) is 97.2 cm³/mol. The van der Waals surface area contributed by atoms with Crippen LogP contribution in [0, 0.1) is 6.92 Å². The van der Waals surface area contributed by atoms with E-state index in [1.54, 1.807) is 24.3 Å². The zero-order valence-corrected chi connectivity index (χ0v) is 15.1. The molecule has 2 aromatic carbocycles. The summed E-state index contributed by atoms with van der Waals surface area (Å²) in [5.41, 5.74) is 2.56. The minimum absolute atomic E-state index is 0.221. The largest absolute Gasteiger partial charge is 0.493 e. The van der Waals surface area contributed by atoms with Gasteiger partial charge in [-0.25, -0.2) is 0 Å². The lowest BCUT2D eigenvalue weighted by molar-refractivity contribution is 0.0641. The summed E-state index contributed by atoms with van der Waals surface area (Å²) < 4.78 is 5.72. The van der Waals surface area contributed by atoms with Gasteiger partial charge in [0.05, 0.1) is 24.3 Å². The number of carbonyl (C=O) groups is 2. The number of amides is 2. The second-order valence-electron chi connectivity index (χ2n) is 6.16. The molecule has 1 heterocycles. The van der Waals surface area contributed by atoms with Crippen LogP contribution in [0.25, 0.3) is 0 Å². The first-order chi connectivity index (χ1) is 12.0. The molecule has 25 heavy (non-hydrogen) atoms. The molecule has 0 spiro atoms. The Balaban J connectivity index is 1.86. The Morgan fingerprint density at radius 1 is 1.12 bits per heavy atom. The normalized spacial score (nSPS) is 13.3. The number of fused-ring (bicyclic) bond motifs is 1. The molecule has 130 valence electrons. The van der Waals surface area contributed by atoms with Gasteiger partial charge in [0.1, 0.15) is 5.75 Å². The van der Waals surface area contributed by atoms with Crippen molar-refractivity contribution in [1.82, 2.24) is 4.90 Å². The smallest absolute Gasteiger partial charge is 0.265 e. The molecule has 0 fully saturated rings. The van der Waals surface area contributed by atoms with E-state index in [4.69, 9.17) is 16.3 Å². The number of hydrogen-bond donors (Lipinski definition) is 0. The minimum atomic E-state index is -0.306. The van der Waals surface area contributed by atoms with Gasteiger partial charge in [0.15, 0.2) is 0 Å². The summed E-state index contributed by atoms with van der Waals surface area (Å²) in [6.45, 7) is 4.72. The number of aryl methyl sites for hydroxylation is 1. The Morgan fingerprint density at radius 3 is 2.64 bits per heavy atom. The van der Waals surface area contributed by atoms with E-state index in [2.05, 4.69) is 6.92 Å². The molecule has 0 bridgehead atoms. The molecular formula is C20H20ClNO3. The molecule has 1 aliphatic rings. The Morgan fingerprint density at radius 2 is 1.92 bits per heavy atom. The highest BCUT2D eigenvalue weighted by atomic mass is 35.5. The third kappa shape index (κ3) is 3.40. The molecule has 3 rings (SSSR count). The van der Waals surface area contributed by atoms with Crippen molar-refractivity contribution in [3.63, 3.8) is 0 Å². The lowest BCUT2D eigenvalue weighted by atomic mass is 10.1. The Kier molecular flexibility index (Phi) is 5.09. The fraction of sp³-hybridized carbons (Fsp3) is 0.300. The average molecular weight is 358 g/mol. The van der Waals surface area contributed by atoms with Crippen molar-refractivity contribution in [2.45, 2.75) is 33.2 Å². The van der Waals surface area contributed by atoms with E-state index in [1.165, 1.54) is 4.90 Å². The maximum Gasteiger partial charge on any atom is 0.265 e. The lowest BCUT2D eigenvalue weighted by Gasteiger charge is -2.15. The molecule has 2 aromatic rings. The van der Waals surface area contributed by atoms with Crippen molar-refractivity contribution < 1.29 is 14.3 Å². The first-order valence-electron chi connectivity index (χ1n) is 8.40. The monoisotopic (exact) mass is 357 g/mol. The number of nitrogens with zero attached hydrogens (tertiary/aromatic N) is 1. The first-order valence-corrected chi connectivity index (χ1v) is 8.77. The van der Waals surface area contributed by atoms with Crippen molar-refractivity contribution in [3.8, 4) is 5.75 Å². The summed E-state index contributed by atoms with van der Waals surface area (Å²) >= 11 is 6.04. The van der Waals surface area contributed by atoms with Crippen LogP contribution in [0.3, 0.4) is 0 Å². The molecule has 0 saturated carbocycles. The van der Waals surface area contributed by atoms with Crippen LogP contribution in [0.2, 0.25) is 5.02 Å². The lowest BCUT2D eigenvalue weighted by Crippen LogP contribution is -2.29. The van der Waals surface area contributed by atoms with Crippen LogP contribution < -0.4 is 4.74 Å². The van der Waals surface area contributed by atoms with E-state index in [0.29, 0.717) is 28.5 Å². The zero-order valence-electron chi connectivity index (χ0n) is 14.3. The second kappa shape index (κ2) is 7.28. The van der Waals surface area contributed by atoms with Gasteiger partial charge in [0, 0.05) is 5.02 Å². The molecule has 0 radical (unpaired) electrons. The molecule has 0 aliphatic carbocycles. The number of rotatable bonds is 6. The number of halogens is 1. The van der Waals surface area contributed by atoms with Crippen LogP contribution in [0.15, 0.2) is 36.4 Å². The van der Waals surface area contributed by atoms with Crippen molar-refractivity contribution in [2.24, 2.45) is 0 Å². The summed E-state index contributed by atoms with van der Waals surface area (Å²) in [5, 5.41) is 0.665. The average Bonchev–Trinajstić information content (AvgIpc) is 2.84. The van der Waals surface area contributed by atoms with E-state index in [9.17, 15) is 9.59 Å².